The van der Waals surface area contributed by atoms with Gasteiger partial charge in [-0.15, -0.1) is 11.3 Å². The number of carbonyl (C=O) groups is 2. The Labute approximate surface area is 184 Å². The molecular weight excluding hydrogens is 436 g/mol. The van der Waals surface area contributed by atoms with Crippen molar-refractivity contribution in [1.82, 2.24) is 4.98 Å². The van der Waals surface area contributed by atoms with Crippen LogP contribution in [0.15, 0.2) is 53.4 Å². The fourth-order valence-electron chi connectivity index (χ4n) is 3.04. The summed E-state index contributed by atoms with van der Waals surface area (Å²) in [7, 11) is -3.25. The maximum absolute atomic E-state index is 11.7. The summed E-state index contributed by atoms with van der Waals surface area (Å²) in [5.74, 6) is -1.16. The number of hydrogen-bond acceptors (Lipinski definition) is 6. The fourth-order valence-corrected chi connectivity index (χ4v) is 4.76. The van der Waals surface area contributed by atoms with Crippen LogP contribution in [-0.2, 0) is 33.9 Å². The molecule has 162 valence electrons. The molecule has 3 aromatic rings. The van der Waals surface area contributed by atoms with E-state index in [1.165, 1.54) is 24.5 Å². The lowest BCUT2D eigenvalue weighted by molar-refractivity contribution is -0.114. The van der Waals surface area contributed by atoms with Gasteiger partial charge in [0.05, 0.1) is 16.2 Å². The largest absolute Gasteiger partial charge is 0.478 e. The number of anilines is 1. The van der Waals surface area contributed by atoms with Crippen molar-refractivity contribution < 1.29 is 23.1 Å². The normalized spacial score (nSPS) is 11.3. The van der Waals surface area contributed by atoms with Gasteiger partial charge in [-0.25, -0.2) is 18.2 Å². The van der Waals surface area contributed by atoms with Crippen molar-refractivity contribution >= 4 is 38.2 Å². The number of amides is 1. The minimum Gasteiger partial charge on any atom is -0.478 e. The minimum absolute atomic E-state index is 0.200. The van der Waals surface area contributed by atoms with Crippen LogP contribution in [0.2, 0.25) is 0 Å². The molecule has 0 aliphatic rings. The Morgan fingerprint density at radius 3 is 2.16 bits per heavy atom. The van der Waals surface area contributed by atoms with E-state index in [4.69, 9.17) is 5.11 Å². The molecule has 1 amide bonds. The van der Waals surface area contributed by atoms with Gasteiger partial charge >= 0.3 is 5.97 Å². The van der Waals surface area contributed by atoms with E-state index in [-0.39, 0.29) is 16.4 Å². The van der Waals surface area contributed by atoms with Crippen LogP contribution in [0.1, 0.15) is 39.0 Å². The predicted molar refractivity (Wildman–Crippen MR) is 120 cm³/mol. The quantitative estimate of drug-likeness (QED) is 0.533. The van der Waals surface area contributed by atoms with Crippen molar-refractivity contribution in [2.24, 2.45) is 0 Å². The van der Waals surface area contributed by atoms with Crippen LogP contribution in [-0.4, -0.2) is 36.6 Å². The lowest BCUT2D eigenvalue weighted by atomic mass is 10.0. The number of nitrogens with zero attached hydrogens (tertiary/aromatic N) is 1. The van der Waals surface area contributed by atoms with Crippen molar-refractivity contribution in [3.8, 4) is 0 Å². The van der Waals surface area contributed by atoms with Gasteiger partial charge in [-0.2, -0.15) is 0 Å². The van der Waals surface area contributed by atoms with Gasteiger partial charge in [0.15, 0.2) is 15.0 Å². The second-order valence-corrected chi connectivity index (χ2v) is 10.3. The van der Waals surface area contributed by atoms with Crippen molar-refractivity contribution in [3.05, 3.63) is 75.8 Å². The molecule has 0 bridgehead atoms. The van der Waals surface area contributed by atoms with Gasteiger partial charge < -0.3 is 10.4 Å². The number of aromatic carboxylic acids is 1. The van der Waals surface area contributed by atoms with E-state index in [0.29, 0.717) is 24.4 Å². The highest BCUT2D eigenvalue weighted by molar-refractivity contribution is 7.90. The van der Waals surface area contributed by atoms with Crippen LogP contribution in [0.3, 0.4) is 0 Å². The summed E-state index contributed by atoms with van der Waals surface area (Å²) in [5.41, 5.74) is 3.02. The zero-order chi connectivity index (χ0) is 22.6. The van der Waals surface area contributed by atoms with Gasteiger partial charge in [0, 0.05) is 24.5 Å². The molecule has 2 aromatic carbocycles. The smallest absolute Gasteiger partial charge is 0.335 e. The number of carbonyl (C=O) groups excluding carboxylic acids is 1. The topological polar surface area (TPSA) is 113 Å². The van der Waals surface area contributed by atoms with Crippen LogP contribution < -0.4 is 5.32 Å². The molecule has 2 N–H and O–H groups in total. The molecule has 0 aliphatic carbocycles. The zero-order valence-corrected chi connectivity index (χ0v) is 18.7. The molecule has 7 nitrogen and oxygen atoms in total. The highest BCUT2D eigenvalue weighted by Gasteiger charge is 2.14. The van der Waals surface area contributed by atoms with Gasteiger partial charge in [0.2, 0.25) is 5.91 Å². The van der Waals surface area contributed by atoms with Crippen LogP contribution >= 0.6 is 11.3 Å². The molecule has 0 saturated heterocycles. The summed E-state index contributed by atoms with van der Waals surface area (Å²) < 4.78 is 23.3. The maximum Gasteiger partial charge on any atom is 0.335 e. The lowest BCUT2D eigenvalue weighted by Crippen LogP contribution is -2.05. The minimum atomic E-state index is -3.25. The number of sulfone groups is 1. The Kier molecular flexibility index (Phi) is 6.87. The number of thiazole rings is 1. The summed E-state index contributed by atoms with van der Waals surface area (Å²) >= 11 is 1.39. The fraction of sp³-hybridized carbons (Fsp3) is 0.227. The third kappa shape index (κ3) is 6.22. The number of carboxylic acids is 1. The molecule has 9 heteroatoms. The maximum atomic E-state index is 11.7. The molecule has 0 unspecified atom stereocenters. The first kappa shape index (κ1) is 22.6. The first-order chi connectivity index (χ1) is 14.6. The molecule has 3 rings (SSSR count). The third-order valence-electron chi connectivity index (χ3n) is 4.63. The van der Waals surface area contributed by atoms with E-state index in [1.54, 1.807) is 48.5 Å². The average Bonchev–Trinajstić information content (AvgIpc) is 3.06. The predicted octanol–water partition coefficient (Wildman–Crippen LogP) is 3.58. The van der Waals surface area contributed by atoms with Crippen molar-refractivity contribution in [3.63, 3.8) is 0 Å². The monoisotopic (exact) mass is 458 g/mol. The second-order valence-electron chi connectivity index (χ2n) is 7.17. The number of carboxylic acid groups (broad SMARTS) is 1. The van der Waals surface area contributed by atoms with E-state index in [2.05, 4.69) is 10.3 Å². The Hall–Kier alpha value is -3.04. The number of benzene rings is 2. The van der Waals surface area contributed by atoms with E-state index in [0.717, 1.165) is 21.7 Å². The van der Waals surface area contributed by atoms with E-state index < -0.39 is 15.8 Å². The van der Waals surface area contributed by atoms with Gasteiger partial charge in [-0.1, -0.05) is 24.3 Å². The molecule has 0 radical (unpaired) electrons. The second kappa shape index (κ2) is 9.40. The third-order valence-corrected chi connectivity index (χ3v) is 6.77. The van der Waals surface area contributed by atoms with E-state index in [1.807, 2.05) is 0 Å². The number of rotatable bonds is 8. The van der Waals surface area contributed by atoms with Gasteiger partial charge in [-0.05, 0) is 48.2 Å². The first-order valence-electron chi connectivity index (χ1n) is 9.49. The number of nitrogens with one attached hydrogen (secondary N) is 1. The Bertz CT molecular complexity index is 1200. The molecule has 0 fully saturated rings. The molecule has 31 heavy (non-hydrogen) atoms. The Morgan fingerprint density at radius 1 is 1.00 bits per heavy atom. The summed E-state index contributed by atoms with van der Waals surface area (Å²) in [6.45, 7) is 1.43. The van der Waals surface area contributed by atoms with Crippen LogP contribution in [0.25, 0.3) is 0 Å². The number of aryl methyl sites for hydroxylation is 2. The molecular formula is C22H22N2O5S2. The van der Waals surface area contributed by atoms with Crippen molar-refractivity contribution in [1.29, 1.82) is 0 Å². The zero-order valence-electron chi connectivity index (χ0n) is 17.1. The van der Waals surface area contributed by atoms with E-state index >= 15 is 0 Å². The SMILES string of the molecule is CC(=O)Nc1nc(CCc2ccc(C(=O)O)cc2)c(Cc2ccc(S(C)(=O)=O)cc2)s1. The van der Waals surface area contributed by atoms with Crippen molar-refractivity contribution in [2.45, 2.75) is 31.1 Å². The standard InChI is InChI=1S/C22H22N2O5S2/c1-14(25)23-22-24-19(12-7-15-3-8-17(9-4-15)21(26)27)20(30-22)13-16-5-10-18(11-6-16)31(2,28)29/h3-6,8-11H,7,12-13H2,1-2H3,(H,26,27)(H,23,24,25). The highest BCUT2D eigenvalue weighted by atomic mass is 32.2. The number of hydrogen-bond donors (Lipinski definition) is 2. The van der Waals surface area contributed by atoms with Gasteiger partial charge in [0.1, 0.15) is 0 Å². The molecule has 1 aromatic heterocycles. The average molecular weight is 459 g/mol. The molecule has 0 atom stereocenters. The summed E-state index contributed by atoms with van der Waals surface area (Å²) in [6, 6.07) is 13.5. The van der Waals surface area contributed by atoms with Crippen LogP contribution in [0.4, 0.5) is 5.13 Å². The highest BCUT2D eigenvalue weighted by Crippen LogP contribution is 2.27. The van der Waals surface area contributed by atoms with Gasteiger partial charge in [-0.3, -0.25) is 4.79 Å². The molecule has 0 aliphatic heterocycles. The molecule has 1 heterocycles. The first-order valence-corrected chi connectivity index (χ1v) is 12.2. The number of aromatic nitrogens is 1. The van der Waals surface area contributed by atoms with Crippen LogP contribution in [0.5, 0.6) is 0 Å². The Morgan fingerprint density at radius 2 is 1.61 bits per heavy atom. The summed E-state index contributed by atoms with van der Waals surface area (Å²) in [4.78, 5) is 28.3. The Balaban J connectivity index is 1.79. The van der Waals surface area contributed by atoms with E-state index in [9.17, 15) is 18.0 Å². The lowest BCUT2D eigenvalue weighted by Gasteiger charge is -2.05. The molecule has 0 spiro atoms. The molecule has 0 saturated carbocycles. The van der Waals surface area contributed by atoms with Crippen molar-refractivity contribution in [2.75, 3.05) is 11.6 Å². The van der Waals surface area contributed by atoms with Crippen LogP contribution in [0, 0.1) is 0 Å². The van der Waals surface area contributed by atoms with Gasteiger partial charge in [0.25, 0.3) is 0 Å². The summed E-state index contributed by atoms with van der Waals surface area (Å²) in [5, 5.41) is 12.3. The summed E-state index contributed by atoms with van der Waals surface area (Å²) in [6.07, 6.45) is 3.03.